The van der Waals surface area contributed by atoms with Crippen molar-refractivity contribution in [3.05, 3.63) is 0 Å². The molecular weight excluding hydrogens is 356 g/mol. The molecule has 1 saturated heterocycles. The van der Waals surface area contributed by atoms with Gasteiger partial charge in [-0.2, -0.15) is 5.01 Å². The van der Waals surface area contributed by atoms with Crippen molar-refractivity contribution in [3.8, 4) is 0 Å². The molecule has 2 unspecified atom stereocenters. The molecule has 1 heterocycles. The summed E-state index contributed by atoms with van der Waals surface area (Å²) in [5.41, 5.74) is 1.04. The van der Waals surface area contributed by atoms with Gasteiger partial charge < -0.3 is 17.0 Å². The van der Waals surface area contributed by atoms with E-state index in [2.05, 4.69) is 55.2 Å². The van der Waals surface area contributed by atoms with Gasteiger partial charge in [-0.25, -0.2) is 5.01 Å². The summed E-state index contributed by atoms with van der Waals surface area (Å²) in [5, 5.41) is 7.36. The van der Waals surface area contributed by atoms with E-state index in [1.54, 1.807) is 0 Å². The van der Waals surface area contributed by atoms with Crippen LogP contribution in [0.3, 0.4) is 0 Å². The van der Waals surface area contributed by atoms with Gasteiger partial charge in [-0.15, -0.1) is 0 Å². The normalized spacial score (nSPS) is 22.8. The lowest BCUT2D eigenvalue weighted by atomic mass is 10.2. The minimum Gasteiger partial charge on any atom is -1.00 e. The van der Waals surface area contributed by atoms with Gasteiger partial charge in [-0.05, 0) is 42.1 Å². The molecule has 0 bridgehead atoms. The fourth-order valence-electron chi connectivity index (χ4n) is 2.18. The molecule has 1 rings (SSSR count). The monoisotopic (exact) mass is 386 g/mol. The van der Waals surface area contributed by atoms with Crippen molar-refractivity contribution in [2.24, 2.45) is 0 Å². The second kappa shape index (κ2) is 11.6. The second-order valence-electron chi connectivity index (χ2n) is 5.31. The molecule has 0 aromatic heterocycles. The SMILES string of the molecule is CCCCCCN(CC)N(C)C1[NH2+]C(N(C)C)SS1.[Br-]. The quantitative estimate of drug-likeness (QED) is 0.306. The number of rotatable bonds is 9. The fourth-order valence-corrected chi connectivity index (χ4v) is 5.33. The lowest BCUT2D eigenvalue weighted by molar-refractivity contribution is -0.714. The van der Waals surface area contributed by atoms with Gasteiger partial charge in [0.05, 0.1) is 0 Å². The number of nitrogens with zero attached hydrogens (tertiary/aromatic N) is 3. The molecule has 0 amide bonds. The summed E-state index contributed by atoms with van der Waals surface area (Å²) < 4.78 is 0. The maximum atomic E-state index is 2.49. The summed E-state index contributed by atoms with van der Waals surface area (Å²) in [6, 6.07) is 0. The third kappa shape index (κ3) is 6.85. The van der Waals surface area contributed by atoms with Crippen molar-refractivity contribution < 1.29 is 22.3 Å². The highest BCUT2D eigenvalue weighted by molar-refractivity contribution is 8.77. The molecule has 0 aromatic rings. The highest BCUT2D eigenvalue weighted by atomic mass is 79.9. The number of unbranched alkanes of at least 4 members (excludes halogenated alkanes) is 3. The topological polar surface area (TPSA) is 26.3 Å². The zero-order valence-corrected chi connectivity index (χ0v) is 16.7. The Bertz CT molecular complexity index is 246. The summed E-state index contributed by atoms with van der Waals surface area (Å²) in [4.78, 5) is 2.28. The minimum atomic E-state index is 0. The van der Waals surface area contributed by atoms with Crippen LogP contribution >= 0.6 is 21.6 Å². The minimum absolute atomic E-state index is 0. The zero-order valence-electron chi connectivity index (χ0n) is 13.5. The van der Waals surface area contributed by atoms with Crippen molar-refractivity contribution in [2.75, 3.05) is 34.2 Å². The van der Waals surface area contributed by atoms with Crippen molar-refractivity contribution in [3.63, 3.8) is 0 Å². The fraction of sp³-hybridized carbons (Fsp3) is 1.00. The van der Waals surface area contributed by atoms with Gasteiger partial charge >= 0.3 is 0 Å². The van der Waals surface area contributed by atoms with E-state index in [1.165, 1.54) is 32.2 Å². The van der Waals surface area contributed by atoms with Crippen LogP contribution in [0.2, 0.25) is 0 Å². The number of quaternary nitrogens is 1. The molecule has 1 aliphatic heterocycles. The van der Waals surface area contributed by atoms with Gasteiger partial charge in [0.15, 0.2) is 0 Å². The molecule has 0 aliphatic carbocycles. The van der Waals surface area contributed by atoms with Crippen LogP contribution in [0.15, 0.2) is 0 Å². The number of hydrazine groups is 1. The summed E-state index contributed by atoms with van der Waals surface area (Å²) in [6.45, 7) is 6.82. The molecule has 0 aromatic carbocycles. The molecule has 0 saturated carbocycles. The third-order valence-electron chi connectivity index (χ3n) is 3.54. The first-order valence-electron chi connectivity index (χ1n) is 7.41. The summed E-state index contributed by atoms with van der Waals surface area (Å²) in [6.07, 6.45) is 5.35. The Morgan fingerprint density at radius 2 is 1.60 bits per heavy atom. The van der Waals surface area contributed by atoms with E-state index >= 15 is 0 Å². The van der Waals surface area contributed by atoms with Gasteiger partial charge in [0.25, 0.3) is 0 Å². The number of hydrogen-bond donors (Lipinski definition) is 1. The molecule has 20 heavy (non-hydrogen) atoms. The van der Waals surface area contributed by atoms with E-state index in [1.807, 2.05) is 21.6 Å². The van der Waals surface area contributed by atoms with E-state index in [4.69, 9.17) is 0 Å². The van der Waals surface area contributed by atoms with Crippen LogP contribution in [-0.4, -0.2) is 60.1 Å². The van der Waals surface area contributed by atoms with Crippen molar-refractivity contribution in [1.82, 2.24) is 14.9 Å². The molecule has 0 radical (unpaired) electrons. The van der Waals surface area contributed by atoms with Gasteiger partial charge in [0, 0.05) is 20.1 Å². The third-order valence-corrected chi connectivity index (χ3v) is 6.60. The predicted octanol–water partition coefficient (Wildman–Crippen LogP) is -1.17. The first-order chi connectivity index (χ1) is 9.10. The maximum absolute atomic E-state index is 2.49. The van der Waals surface area contributed by atoms with Crippen LogP contribution in [0.5, 0.6) is 0 Å². The van der Waals surface area contributed by atoms with Crippen LogP contribution < -0.4 is 22.3 Å². The molecule has 2 atom stereocenters. The molecule has 4 nitrogen and oxygen atoms in total. The highest BCUT2D eigenvalue weighted by Crippen LogP contribution is 2.33. The average Bonchev–Trinajstić information content (AvgIpc) is 2.88. The van der Waals surface area contributed by atoms with Crippen LogP contribution in [0.4, 0.5) is 0 Å². The van der Waals surface area contributed by atoms with Crippen LogP contribution in [0.25, 0.3) is 0 Å². The van der Waals surface area contributed by atoms with Crippen molar-refractivity contribution in [1.29, 1.82) is 0 Å². The van der Waals surface area contributed by atoms with Gasteiger partial charge in [0.1, 0.15) is 0 Å². The van der Waals surface area contributed by atoms with Crippen LogP contribution in [-0.2, 0) is 0 Å². The van der Waals surface area contributed by atoms with E-state index in [0.29, 0.717) is 11.0 Å². The number of nitrogens with two attached hydrogens (primary N) is 1. The standard InChI is InChI=1S/C13H30N4S2.BrH/c1-6-8-9-10-11-17(7-2)16(5)13-14-12(15(3)4)18-19-13;/h12-14H,6-11H2,1-5H3;1H. The molecular formula is C13H31BrN4S2. The maximum Gasteiger partial charge on any atom is 0.215 e. The molecule has 1 fully saturated rings. The van der Waals surface area contributed by atoms with Crippen molar-refractivity contribution >= 4 is 21.6 Å². The summed E-state index contributed by atoms with van der Waals surface area (Å²) in [5.74, 6) is 0. The summed E-state index contributed by atoms with van der Waals surface area (Å²) in [7, 11) is 10.5. The molecule has 7 heteroatoms. The first-order valence-corrected chi connectivity index (χ1v) is 9.69. The van der Waals surface area contributed by atoms with Gasteiger partial charge in [-0.3, -0.25) is 10.2 Å². The Hall–Kier alpha value is 1.02. The lowest BCUT2D eigenvalue weighted by Gasteiger charge is -2.32. The van der Waals surface area contributed by atoms with Gasteiger partial charge in [-0.1, -0.05) is 33.1 Å². The molecule has 0 spiro atoms. The number of halogens is 1. The Morgan fingerprint density at radius 1 is 0.950 bits per heavy atom. The molecule has 122 valence electrons. The van der Waals surface area contributed by atoms with Crippen LogP contribution in [0, 0.1) is 0 Å². The molecule has 2 N–H and O–H groups in total. The summed E-state index contributed by atoms with van der Waals surface area (Å²) >= 11 is 0. The second-order valence-corrected chi connectivity index (χ2v) is 7.82. The van der Waals surface area contributed by atoms with E-state index in [-0.39, 0.29) is 17.0 Å². The molecule has 1 aliphatic rings. The first kappa shape index (κ1) is 21.0. The Labute approximate surface area is 143 Å². The Balaban J connectivity index is 0.00000361. The van der Waals surface area contributed by atoms with E-state index in [9.17, 15) is 0 Å². The van der Waals surface area contributed by atoms with Crippen LogP contribution in [0.1, 0.15) is 39.5 Å². The smallest absolute Gasteiger partial charge is 0.215 e. The Morgan fingerprint density at radius 3 is 2.10 bits per heavy atom. The highest BCUT2D eigenvalue weighted by Gasteiger charge is 2.35. The van der Waals surface area contributed by atoms with E-state index in [0.717, 1.165) is 6.54 Å². The van der Waals surface area contributed by atoms with E-state index < -0.39 is 0 Å². The van der Waals surface area contributed by atoms with Gasteiger partial charge in [0.2, 0.25) is 11.0 Å². The van der Waals surface area contributed by atoms with Crippen molar-refractivity contribution in [2.45, 2.75) is 50.5 Å². The number of hydrogen-bond acceptors (Lipinski definition) is 5. The zero-order chi connectivity index (χ0) is 14.3. The average molecular weight is 387 g/mol. The largest absolute Gasteiger partial charge is 1.00 e. The Kier molecular flexibility index (Phi) is 12.2. The predicted molar refractivity (Wildman–Crippen MR) is 87.5 cm³/mol. The lowest BCUT2D eigenvalue weighted by Crippen LogP contribution is -3.00.